The van der Waals surface area contributed by atoms with Gasteiger partial charge in [-0.1, -0.05) is 32.0 Å². The molecule has 1 atom stereocenters. The molecule has 136 valence electrons. The standard InChI is InChI=1S/C21H23NO4/c1-3-14(2)17-6-4-5-7-19(17)26-21(24)13-25-16-9-10-18-15(12-16)8-11-20(23)22-18/h4-7,9-10,12,14H,3,8,11,13H2,1-2H3,(H,22,23). The van der Waals surface area contributed by atoms with Crippen molar-refractivity contribution in [1.29, 1.82) is 0 Å². The number of anilines is 1. The largest absolute Gasteiger partial charge is 0.482 e. The third-order valence-corrected chi connectivity index (χ3v) is 4.61. The Balaban J connectivity index is 1.61. The molecule has 1 unspecified atom stereocenters. The second kappa shape index (κ2) is 8.04. The predicted octanol–water partition coefficient (Wildman–Crippen LogP) is 4.07. The van der Waals surface area contributed by atoms with Crippen LogP contribution >= 0.6 is 0 Å². The molecule has 5 heteroatoms. The summed E-state index contributed by atoms with van der Waals surface area (Å²) in [5.74, 6) is 1.08. The molecule has 0 saturated heterocycles. The Hall–Kier alpha value is -2.82. The van der Waals surface area contributed by atoms with Crippen LogP contribution in [-0.2, 0) is 16.0 Å². The van der Waals surface area contributed by atoms with Crippen LogP contribution in [0, 0.1) is 0 Å². The number of benzene rings is 2. The zero-order valence-electron chi connectivity index (χ0n) is 15.1. The molecule has 26 heavy (non-hydrogen) atoms. The van der Waals surface area contributed by atoms with E-state index in [1.54, 1.807) is 18.2 Å². The first-order chi connectivity index (χ1) is 12.6. The monoisotopic (exact) mass is 353 g/mol. The molecule has 1 aliphatic heterocycles. The number of hydrogen-bond donors (Lipinski definition) is 1. The maximum absolute atomic E-state index is 12.2. The average Bonchev–Trinajstić information content (AvgIpc) is 2.66. The minimum absolute atomic E-state index is 0.0229. The first-order valence-electron chi connectivity index (χ1n) is 8.92. The van der Waals surface area contributed by atoms with Crippen molar-refractivity contribution >= 4 is 17.6 Å². The van der Waals surface area contributed by atoms with Crippen LogP contribution in [-0.4, -0.2) is 18.5 Å². The number of hydrogen-bond acceptors (Lipinski definition) is 4. The fraction of sp³-hybridized carbons (Fsp3) is 0.333. The molecular weight excluding hydrogens is 330 g/mol. The lowest BCUT2D eigenvalue weighted by Gasteiger charge is -2.18. The summed E-state index contributed by atoms with van der Waals surface area (Å²) in [4.78, 5) is 23.6. The molecule has 0 bridgehead atoms. The number of para-hydroxylation sites is 1. The van der Waals surface area contributed by atoms with E-state index in [0.717, 1.165) is 23.2 Å². The SMILES string of the molecule is CCC(C)c1ccccc1OC(=O)COc1ccc2c(c1)CCC(=O)N2. The fourth-order valence-corrected chi connectivity index (χ4v) is 2.94. The van der Waals surface area contributed by atoms with E-state index >= 15 is 0 Å². The smallest absolute Gasteiger partial charge is 0.349 e. The van der Waals surface area contributed by atoms with Crippen molar-refractivity contribution in [3.63, 3.8) is 0 Å². The van der Waals surface area contributed by atoms with Gasteiger partial charge in [-0.3, -0.25) is 4.79 Å². The first-order valence-corrected chi connectivity index (χ1v) is 8.92. The Kier molecular flexibility index (Phi) is 5.56. The summed E-state index contributed by atoms with van der Waals surface area (Å²) in [6.07, 6.45) is 2.10. The van der Waals surface area contributed by atoms with Gasteiger partial charge in [-0.15, -0.1) is 0 Å². The van der Waals surface area contributed by atoms with Crippen molar-refractivity contribution in [2.24, 2.45) is 0 Å². The highest BCUT2D eigenvalue weighted by atomic mass is 16.6. The number of amides is 1. The van der Waals surface area contributed by atoms with Crippen molar-refractivity contribution in [3.8, 4) is 11.5 Å². The van der Waals surface area contributed by atoms with Crippen LogP contribution in [0.2, 0.25) is 0 Å². The molecule has 5 nitrogen and oxygen atoms in total. The van der Waals surface area contributed by atoms with Gasteiger partial charge >= 0.3 is 5.97 Å². The van der Waals surface area contributed by atoms with Crippen molar-refractivity contribution in [2.45, 2.75) is 39.0 Å². The molecule has 2 aromatic carbocycles. The van der Waals surface area contributed by atoms with E-state index in [1.165, 1.54) is 0 Å². The number of carbonyl (C=O) groups excluding carboxylic acids is 2. The van der Waals surface area contributed by atoms with E-state index in [9.17, 15) is 9.59 Å². The van der Waals surface area contributed by atoms with Gasteiger partial charge in [0, 0.05) is 12.1 Å². The van der Waals surface area contributed by atoms with Gasteiger partial charge in [0.25, 0.3) is 0 Å². The maximum Gasteiger partial charge on any atom is 0.349 e. The summed E-state index contributed by atoms with van der Waals surface area (Å²) in [7, 11) is 0. The van der Waals surface area contributed by atoms with E-state index in [1.807, 2.05) is 24.3 Å². The zero-order valence-corrected chi connectivity index (χ0v) is 15.1. The van der Waals surface area contributed by atoms with Crippen molar-refractivity contribution in [3.05, 3.63) is 53.6 Å². The van der Waals surface area contributed by atoms with Gasteiger partial charge < -0.3 is 14.8 Å². The minimum Gasteiger partial charge on any atom is -0.482 e. The number of fused-ring (bicyclic) bond motifs is 1. The van der Waals surface area contributed by atoms with Gasteiger partial charge in [-0.05, 0) is 54.2 Å². The molecule has 0 aliphatic carbocycles. The Bertz CT molecular complexity index is 815. The fourth-order valence-electron chi connectivity index (χ4n) is 2.94. The third-order valence-electron chi connectivity index (χ3n) is 4.61. The van der Waals surface area contributed by atoms with E-state index in [0.29, 0.717) is 30.3 Å². The summed E-state index contributed by atoms with van der Waals surface area (Å²) >= 11 is 0. The molecule has 0 aromatic heterocycles. The van der Waals surface area contributed by atoms with Crippen molar-refractivity contribution in [1.82, 2.24) is 0 Å². The van der Waals surface area contributed by atoms with Crippen molar-refractivity contribution < 1.29 is 19.1 Å². The minimum atomic E-state index is -0.438. The third kappa shape index (κ3) is 4.23. The first kappa shape index (κ1) is 18.0. The van der Waals surface area contributed by atoms with Gasteiger partial charge in [0.05, 0.1) is 0 Å². The second-order valence-electron chi connectivity index (χ2n) is 6.48. The lowest BCUT2D eigenvalue weighted by Crippen LogP contribution is -2.20. The molecule has 0 spiro atoms. The van der Waals surface area contributed by atoms with E-state index in [4.69, 9.17) is 9.47 Å². The summed E-state index contributed by atoms with van der Waals surface area (Å²) in [5.41, 5.74) is 2.84. The highest BCUT2D eigenvalue weighted by Crippen LogP contribution is 2.29. The summed E-state index contributed by atoms with van der Waals surface area (Å²) in [5, 5.41) is 2.82. The molecule has 0 radical (unpaired) electrons. The molecular formula is C21H23NO4. The summed E-state index contributed by atoms with van der Waals surface area (Å²) < 4.78 is 11.1. The summed E-state index contributed by atoms with van der Waals surface area (Å²) in [6, 6.07) is 13.0. The second-order valence-corrected chi connectivity index (χ2v) is 6.48. The number of aryl methyl sites for hydroxylation is 1. The topological polar surface area (TPSA) is 64.6 Å². The molecule has 1 heterocycles. The number of ether oxygens (including phenoxy) is 2. The average molecular weight is 353 g/mol. The van der Waals surface area contributed by atoms with Gasteiger partial charge in [0.15, 0.2) is 6.61 Å². The molecule has 0 fully saturated rings. The van der Waals surface area contributed by atoms with Gasteiger partial charge in [-0.2, -0.15) is 0 Å². The van der Waals surface area contributed by atoms with Crippen LogP contribution in [0.3, 0.4) is 0 Å². The molecule has 3 rings (SSSR count). The van der Waals surface area contributed by atoms with Gasteiger partial charge in [-0.25, -0.2) is 4.79 Å². The Morgan fingerprint density at radius 3 is 2.81 bits per heavy atom. The van der Waals surface area contributed by atoms with Crippen LogP contribution in [0.4, 0.5) is 5.69 Å². The van der Waals surface area contributed by atoms with Crippen LogP contribution in [0.5, 0.6) is 11.5 Å². The molecule has 0 saturated carbocycles. The highest BCUT2D eigenvalue weighted by molar-refractivity contribution is 5.94. The highest BCUT2D eigenvalue weighted by Gasteiger charge is 2.16. The lowest BCUT2D eigenvalue weighted by atomic mass is 9.98. The van der Waals surface area contributed by atoms with E-state index < -0.39 is 5.97 Å². The predicted molar refractivity (Wildman–Crippen MR) is 99.7 cm³/mol. The molecule has 1 aliphatic rings. The van der Waals surface area contributed by atoms with Crippen LogP contribution < -0.4 is 14.8 Å². The van der Waals surface area contributed by atoms with E-state index in [-0.39, 0.29) is 12.5 Å². The molecule has 1 amide bonds. The quantitative estimate of drug-likeness (QED) is 0.628. The van der Waals surface area contributed by atoms with Crippen LogP contribution in [0.1, 0.15) is 43.7 Å². The van der Waals surface area contributed by atoms with Gasteiger partial charge in [0.2, 0.25) is 5.91 Å². The van der Waals surface area contributed by atoms with Crippen LogP contribution in [0.25, 0.3) is 0 Å². The van der Waals surface area contributed by atoms with E-state index in [2.05, 4.69) is 19.2 Å². The lowest BCUT2D eigenvalue weighted by molar-refractivity contribution is -0.136. The molecule has 2 aromatic rings. The Morgan fingerprint density at radius 1 is 1.19 bits per heavy atom. The van der Waals surface area contributed by atoms with Gasteiger partial charge in [0.1, 0.15) is 11.5 Å². The normalized spacial score (nSPS) is 14.2. The number of rotatable bonds is 6. The molecule has 1 N–H and O–H groups in total. The number of nitrogens with one attached hydrogen (secondary N) is 1. The Labute approximate surface area is 153 Å². The maximum atomic E-state index is 12.2. The number of esters is 1. The van der Waals surface area contributed by atoms with Crippen LogP contribution in [0.15, 0.2) is 42.5 Å². The number of carbonyl (C=O) groups is 2. The zero-order chi connectivity index (χ0) is 18.5. The summed E-state index contributed by atoms with van der Waals surface area (Å²) in [6.45, 7) is 4.04. The van der Waals surface area contributed by atoms with Crippen molar-refractivity contribution in [2.75, 3.05) is 11.9 Å². The Morgan fingerprint density at radius 2 is 2.00 bits per heavy atom.